The van der Waals surface area contributed by atoms with Gasteiger partial charge < -0.3 is 4.18 Å². The summed E-state index contributed by atoms with van der Waals surface area (Å²) in [5.41, 5.74) is 0. The minimum Gasteiger partial charge on any atom is -0.382 e. The molecule has 4 heteroatoms. The van der Waals surface area contributed by atoms with E-state index in [0.29, 0.717) is 12.2 Å². The van der Waals surface area contributed by atoms with Gasteiger partial charge in [-0.1, -0.05) is 102 Å². The molecule has 0 aliphatic heterocycles. The van der Waals surface area contributed by atoms with Crippen molar-refractivity contribution in [3.8, 4) is 5.75 Å². The number of rotatable bonds is 16. The van der Waals surface area contributed by atoms with Crippen molar-refractivity contribution in [2.24, 2.45) is 0 Å². The second-order valence-electron chi connectivity index (χ2n) is 6.90. The van der Waals surface area contributed by atoms with E-state index in [1.54, 1.807) is 24.3 Å². The van der Waals surface area contributed by atoms with Gasteiger partial charge in [-0.25, -0.2) is 0 Å². The summed E-state index contributed by atoms with van der Waals surface area (Å²) in [6.07, 6.45) is 16.2. The molecule has 0 aliphatic carbocycles. The maximum Gasteiger partial charge on any atom is 0.309 e. The molecule has 0 atom stereocenters. The molecule has 1 aromatic carbocycles. The summed E-state index contributed by atoms with van der Waals surface area (Å²) < 4.78 is 28.8. The molecule has 0 fully saturated rings. The molecule has 0 spiro atoms. The zero-order valence-electron chi connectivity index (χ0n) is 15.9. The predicted molar refractivity (Wildman–Crippen MR) is 107 cm³/mol. The first kappa shape index (κ1) is 22.0. The quantitative estimate of drug-likeness (QED) is 0.247. The third-order valence-electron chi connectivity index (χ3n) is 4.46. The Hall–Kier alpha value is -1.03. The van der Waals surface area contributed by atoms with Crippen LogP contribution in [0.15, 0.2) is 30.3 Å². The molecule has 0 saturated heterocycles. The summed E-state index contributed by atoms with van der Waals surface area (Å²) in [6.45, 7) is 2.26. The highest BCUT2D eigenvalue weighted by molar-refractivity contribution is 7.87. The molecule has 0 aliphatic rings. The van der Waals surface area contributed by atoms with Crippen molar-refractivity contribution in [2.75, 3.05) is 5.75 Å². The molecule has 1 aromatic rings. The van der Waals surface area contributed by atoms with Gasteiger partial charge in [0.05, 0.1) is 5.75 Å². The predicted octanol–water partition coefficient (Wildman–Crippen LogP) is 6.49. The Bertz CT molecular complexity index is 511. The fraction of sp³-hybridized carbons (Fsp3) is 0.714. The second kappa shape index (κ2) is 14.2. The molecule has 0 bridgehead atoms. The van der Waals surface area contributed by atoms with Gasteiger partial charge in [-0.2, -0.15) is 8.42 Å². The van der Waals surface area contributed by atoms with Gasteiger partial charge in [0.1, 0.15) is 5.75 Å². The summed E-state index contributed by atoms with van der Waals surface area (Å²) >= 11 is 0. The molecule has 1 rings (SSSR count). The van der Waals surface area contributed by atoms with E-state index in [0.717, 1.165) is 12.8 Å². The first-order chi connectivity index (χ1) is 12.1. The van der Waals surface area contributed by atoms with Crippen LogP contribution in [-0.2, 0) is 10.1 Å². The molecule has 0 heterocycles. The lowest BCUT2D eigenvalue weighted by atomic mass is 10.1. The normalized spacial score (nSPS) is 11.6. The summed E-state index contributed by atoms with van der Waals surface area (Å²) in [5, 5.41) is 0. The van der Waals surface area contributed by atoms with Gasteiger partial charge in [-0.15, -0.1) is 0 Å². The Morgan fingerprint density at radius 2 is 1.12 bits per heavy atom. The average molecular weight is 369 g/mol. The van der Waals surface area contributed by atoms with E-state index in [1.165, 1.54) is 64.2 Å². The Morgan fingerprint density at radius 1 is 0.680 bits per heavy atom. The maximum absolute atomic E-state index is 11.9. The molecule has 0 amide bonds. The van der Waals surface area contributed by atoms with Crippen molar-refractivity contribution >= 4 is 10.1 Å². The summed E-state index contributed by atoms with van der Waals surface area (Å²) in [6, 6.07) is 8.72. The van der Waals surface area contributed by atoms with Gasteiger partial charge in [0.25, 0.3) is 0 Å². The highest BCUT2D eigenvalue weighted by Crippen LogP contribution is 2.15. The van der Waals surface area contributed by atoms with Crippen molar-refractivity contribution in [1.29, 1.82) is 0 Å². The van der Waals surface area contributed by atoms with E-state index >= 15 is 0 Å². The fourth-order valence-electron chi connectivity index (χ4n) is 2.96. The van der Waals surface area contributed by atoms with Crippen LogP contribution in [0.2, 0.25) is 0 Å². The Kier molecular flexibility index (Phi) is 12.5. The Balaban J connectivity index is 1.91. The number of hydrogen-bond donors (Lipinski definition) is 0. The summed E-state index contributed by atoms with van der Waals surface area (Å²) in [4.78, 5) is 0. The van der Waals surface area contributed by atoms with E-state index < -0.39 is 10.1 Å². The SMILES string of the molecule is CCCCCCCCCCCCCCCS(=O)(=O)Oc1ccccc1. The van der Waals surface area contributed by atoms with Crippen molar-refractivity contribution in [3.63, 3.8) is 0 Å². The minimum absolute atomic E-state index is 0.111. The van der Waals surface area contributed by atoms with Gasteiger partial charge in [0.15, 0.2) is 0 Å². The summed E-state index contributed by atoms with van der Waals surface area (Å²) in [5.74, 6) is 0.511. The van der Waals surface area contributed by atoms with Gasteiger partial charge in [0.2, 0.25) is 0 Å². The first-order valence-electron chi connectivity index (χ1n) is 10.1. The van der Waals surface area contributed by atoms with Gasteiger partial charge in [-0.05, 0) is 18.6 Å². The van der Waals surface area contributed by atoms with Gasteiger partial charge in [-0.3, -0.25) is 0 Å². The Morgan fingerprint density at radius 3 is 1.60 bits per heavy atom. The minimum atomic E-state index is -3.45. The Labute approximate surface area is 155 Å². The standard InChI is InChI=1S/C21H36O3S/c1-2-3-4-5-6-7-8-9-10-11-12-13-17-20-25(22,23)24-21-18-15-14-16-19-21/h14-16,18-19H,2-13,17,20H2,1H3. The van der Waals surface area contributed by atoms with Crippen LogP contribution in [0, 0.1) is 0 Å². The third kappa shape index (κ3) is 12.9. The number of benzene rings is 1. The third-order valence-corrected chi connectivity index (χ3v) is 5.70. The topological polar surface area (TPSA) is 43.4 Å². The van der Waals surface area contributed by atoms with Gasteiger partial charge >= 0.3 is 10.1 Å². The van der Waals surface area contributed by atoms with Crippen LogP contribution in [0.5, 0.6) is 5.75 Å². The number of unbranched alkanes of at least 4 members (excludes halogenated alkanes) is 12. The molecule has 0 aromatic heterocycles. The number of para-hydroxylation sites is 1. The monoisotopic (exact) mass is 368 g/mol. The van der Waals surface area contributed by atoms with E-state index in [1.807, 2.05) is 6.07 Å². The van der Waals surface area contributed by atoms with E-state index in [-0.39, 0.29) is 5.75 Å². The van der Waals surface area contributed by atoms with E-state index in [9.17, 15) is 8.42 Å². The van der Waals surface area contributed by atoms with E-state index in [4.69, 9.17) is 4.18 Å². The van der Waals surface area contributed by atoms with Crippen LogP contribution in [-0.4, -0.2) is 14.2 Å². The largest absolute Gasteiger partial charge is 0.382 e. The molecular weight excluding hydrogens is 332 g/mol. The molecule has 0 radical (unpaired) electrons. The molecule has 144 valence electrons. The van der Waals surface area contributed by atoms with Crippen LogP contribution in [0.4, 0.5) is 0 Å². The van der Waals surface area contributed by atoms with Crippen molar-refractivity contribution in [1.82, 2.24) is 0 Å². The molecule has 0 saturated carbocycles. The molecule has 0 N–H and O–H groups in total. The maximum atomic E-state index is 11.9. The van der Waals surface area contributed by atoms with Crippen molar-refractivity contribution < 1.29 is 12.6 Å². The lowest BCUT2D eigenvalue weighted by Crippen LogP contribution is -2.13. The van der Waals surface area contributed by atoms with Crippen LogP contribution in [0.1, 0.15) is 90.4 Å². The zero-order chi connectivity index (χ0) is 18.2. The lowest BCUT2D eigenvalue weighted by Gasteiger charge is -2.06. The van der Waals surface area contributed by atoms with Crippen LogP contribution >= 0.6 is 0 Å². The number of hydrogen-bond acceptors (Lipinski definition) is 3. The lowest BCUT2D eigenvalue weighted by molar-refractivity contribution is 0.481. The second-order valence-corrected chi connectivity index (χ2v) is 8.59. The van der Waals surface area contributed by atoms with Crippen molar-refractivity contribution in [3.05, 3.63) is 30.3 Å². The smallest absolute Gasteiger partial charge is 0.309 e. The molecule has 0 unspecified atom stereocenters. The highest BCUT2D eigenvalue weighted by atomic mass is 32.2. The van der Waals surface area contributed by atoms with Crippen LogP contribution < -0.4 is 4.18 Å². The molecule has 3 nitrogen and oxygen atoms in total. The molecule has 25 heavy (non-hydrogen) atoms. The van der Waals surface area contributed by atoms with Crippen LogP contribution in [0.25, 0.3) is 0 Å². The first-order valence-corrected chi connectivity index (χ1v) is 11.7. The van der Waals surface area contributed by atoms with Gasteiger partial charge in [0, 0.05) is 0 Å². The fourth-order valence-corrected chi connectivity index (χ4v) is 4.01. The average Bonchev–Trinajstić information content (AvgIpc) is 2.59. The van der Waals surface area contributed by atoms with E-state index in [2.05, 4.69) is 6.92 Å². The highest BCUT2D eigenvalue weighted by Gasteiger charge is 2.11. The molecular formula is C21H36O3S. The zero-order valence-corrected chi connectivity index (χ0v) is 16.7. The summed E-state index contributed by atoms with van der Waals surface area (Å²) in [7, 11) is -3.45. The van der Waals surface area contributed by atoms with Crippen LogP contribution in [0.3, 0.4) is 0 Å². The van der Waals surface area contributed by atoms with Crippen molar-refractivity contribution in [2.45, 2.75) is 90.4 Å².